The van der Waals surface area contributed by atoms with Crippen LogP contribution in [0.2, 0.25) is 0 Å². The summed E-state index contributed by atoms with van der Waals surface area (Å²) in [6, 6.07) is 7.51. The van der Waals surface area contributed by atoms with Crippen LogP contribution in [0.5, 0.6) is 0 Å². The highest BCUT2D eigenvalue weighted by Crippen LogP contribution is 2.36. The van der Waals surface area contributed by atoms with Gasteiger partial charge in [-0.1, -0.05) is 39.0 Å². The van der Waals surface area contributed by atoms with Crippen molar-refractivity contribution in [2.75, 3.05) is 19.6 Å². The van der Waals surface area contributed by atoms with E-state index < -0.39 is 0 Å². The second kappa shape index (κ2) is 12.3. The zero-order chi connectivity index (χ0) is 29.3. The predicted molar refractivity (Wildman–Crippen MR) is 158 cm³/mol. The van der Waals surface area contributed by atoms with E-state index in [1.165, 1.54) is 4.68 Å². The minimum atomic E-state index is -0.254. The van der Waals surface area contributed by atoms with Gasteiger partial charge < -0.3 is 15.1 Å². The van der Waals surface area contributed by atoms with Gasteiger partial charge in [-0.05, 0) is 68.8 Å². The summed E-state index contributed by atoms with van der Waals surface area (Å²) in [4.78, 5) is 57.0. The minimum absolute atomic E-state index is 0.0137. The summed E-state index contributed by atoms with van der Waals surface area (Å²) in [5.41, 5.74) is 0.468. The van der Waals surface area contributed by atoms with Gasteiger partial charge in [0, 0.05) is 49.9 Å². The summed E-state index contributed by atoms with van der Waals surface area (Å²) in [6.45, 7) is 9.97. The molecule has 0 saturated carbocycles. The quantitative estimate of drug-likeness (QED) is 0.616. The third kappa shape index (κ3) is 6.49. The number of carbonyl (C=O) groups excluding carboxylic acids is 3. The number of carbonyl (C=O) groups is 3. The molecule has 5 atom stereocenters. The van der Waals surface area contributed by atoms with E-state index in [1.807, 2.05) is 30.0 Å². The minimum Gasteiger partial charge on any atom is -0.353 e. The van der Waals surface area contributed by atoms with Crippen molar-refractivity contribution in [3.8, 4) is 0 Å². The van der Waals surface area contributed by atoms with Gasteiger partial charge in [-0.3, -0.25) is 19.2 Å². The molecule has 4 heterocycles. The van der Waals surface area contributed by atoms with Crippen LogP contribution in [0.1, 0.15) is 71.4 Å². The number of piperidine rings is 2. The molecule has 2 bridgehead atoms. The Bertz CT molecular complexity index is 1350. The lowest BCUT2D eigenvalue weighted by Gasteiger charge is -2.51. The van der Waals surface area contributed by atoms with E-state index >= 15 is 0 Å². The molecule has 41 heavy (non-hydrogen) atoms. The molecule has 1 aromatic carbocycles. The molecule has 0 aliphatic carbocycles. The largest absolute Gasteiger partial charge is 0.353 e. The maximum absolute atomic E-state index is 13.6. The van der Waals surface area contributed by atoms with Gasteiger partial charge in [0.15, 0.2) is 0 Å². The predicted octanol–water partition coefficient (Wildman–Crippen LogP) is 3.51. The van der Waals surface area contributed by atoms with Crippen LogP contribution in [0, 0.1) is 30.6 Å². The average Bonchev–Trinajstić information content (AvgIpc) is 2.94. The molecule has 1 N–H and O–H groups in total. The highest BCUT2D eigenvalue weighted by atomic mass is 16.2. The summed E-state index contributed by atoms with van der Waals surface area (Å²) in [5, 5.41) is 9.06. The molecule has 3 fully saturated rings. The van der Waals surface area contributed by atoms with E-state index in [1.54, 1.807) is 6.07 Å². The topological polar surface area (TPSA) is 105 Å². The number of hydrogen-bond acceptors (Lipinski definition) is 5. The first-order valence-corrected chi connectivity index (χ1v) is 15.4. The normalized spacial score (nSPS) is 28.0. The number of likely N-dealkylation sites (tertiary alicyclic amines) is 1. The Morgan fingerprint density at radius 2 is 1.80 bits per heavy atom. The van der Waals surface area contributed by atoms with E-state index in [2.05, 4.69) is 36.1 Å². The van der Waals surface area contributed by atoms with Gasteiger partial charge in [0.2, 0.25) is 17.7 Å². The SMILES string of the molecule is Cc1nn(CC(=O)N2C[C@@H]3C[C@@H](C2)[C@@H]2CCCC(=O)N[C@H](C(C)C)CC[C@@H](C)CC(=O)N2C3)c(=O)c2ccccc12. The van der Waals surface area contributed by atoms with E-state index in [-0.39, 0.29) is 59.7 Å². The molecule has 222 valence electrons. The molecule has 2 aromatic rings. The second-order valence-corrected chi connectivity index (χ2v) is 13.1. The molecular weight excluding hydrogens is 518 g/mol. The van der Waals surface area contributed by atoms with Crippen molar-refractivity contribution in [1.29, 1.82) is 0 Å². The van der Waals surface area contributed by atoms with Crippen LogP contribution in [0.3, 0.4) is 0 Å². The molecule has 3 saturated heterocycles. The number of aromatic nitrogens is 2. The monoisotopic (exact) mass is 563 g/mol. The summed E-state index contributed by atoms with van der Waals surface area (Å²) >= 11 is 0. The molecule has 0 radical (unpaired) electrons. The first-order valence-electron chi connectivity index (χ1n) is 15.4. The third-order valence-corrected chi connectivity index (χ3v) is 9.53. The zero-order valence-electron chi connectivity index (χ0n) is 25.0. The van der Waals surface area contributed by atoms with E-state index in [0.29, 0.717) is 50.2 Å². The van der Waals surface area contributed by atoms with Crippen LogP contribution in [0.25, 0.3) is 10.8 Å². The number of nitrogens with one attached hydrogen (secondary N) is 1. The van der Waals surface area contributed by atoms with Crippen molar-refractivity contribution < 1.29 is 14.4 Å². The number of aryl methyl sites for hydroxylation is 1. The summed E-state index contributed by atoms with van der Waals surface area (Å²) in [7, 11) is 0. The van der Waals surface area contributed by atoms with Crippen LogP contribution < -0.4 is 10.9 Å². The van der Waals surface area contributed by atoms with E-state index in [4.69, 9.17) is 0 Å². The number of fused-ring (bicyclic) bond motifs is 5. The first kappa shape index (κ1) is 29.3. The van der Waals surface area contributed by atoms with Crippen molar-refractivity contribution in [2.45, 2.75) is 91.3 Å². The highest BCUT2D eigenvalue weighted by molar-refractivity contribution is 5.84. The fraction of sp³-hybridized carbons (Fsp3) is 0.656. The standard InChI is InChI=1S/C32H45N5O4/c1-20(2)27-13-12-21(3)14-30(39)36-17-23-15-24(28(36)10-7-11-29(38)33-27)18-35(16-23)31(40)19-37-32(41)26-9-6-5-8-25(26)22(4)34-37/h5-6,8-9,20-21,23-24,27-28H,7,10-19H2,1-4H3,(H,33,38)/t21-,23+,24+,27+,28+/m1/s1. The van der Waals surface area contributed by atoms with E-state index in [9.17, 15) is 19.2 Å². The molecule has 9 heteroatoms. The fourth-order valence-corrected chi connectivity index (χ4v) is 7.25. The van der Waals surface area contributed by atoms with Crippen LogP contribution in [0.4, 0.5) is 0 Å². The molecule has 3 aliphatic heterocycles. The molecule has 9 nitrogen and oxygen atoms in total. The Morgan fingerprint density at radius 3 is 2.56 bits per heavy atom. The third-order valence-electron chi connectivity index (χ3n) is 9.53. The highest BCUT2D eigenvalue weighted by Gasteiger charge is 2.43. The lowest BCUT2D eigenvalue weighted by atomic mass is 9.77. The Kier molecular flexibility index (Phi) is 8.80. The number of hydrogen-bond donors (Lipinski definition) is 1. The van der Waals surface area contributed by atoms with Crippen molar-refractivity contribution in [1.82, 2.24) is 24.9 Å². The summed E-state index contributed by atoms with van der Waals surface area (Å²) in [6.07, 6.45) is 5.21. The van der Waals surface area contributed by atoms with Crippen molar-refractivity contribution in [2.24, 2.45) is 23.7 Å². The van der Waals surface area contributed by atoms with Gasteiger partial charge in [0.25, 0.3) is 5.56 Å². The van der Waals surface area contributed by atoms with Gasteiger partial charge >= 0.3 is 0 Å². The number of nitrogens with zero attached hydrogens (tertiary/aromatic N) is 4. The summed E-state index contributed by atoms with van der Waals surface area (Å²) in [5.74, 6) is 1.15. The Labute approximate surface area is 242 Å². The number of benzene rings is 1. The van der Waals surface area contributed by atoms with Crippen LogP contribution >= 0.6 is 0 Å². The Morgan fingerprint density at radius 1 is 1.05 bits per heavy atom. The van der Waals surface area contributed by atoms with E-state index in [0.717, 1.165) is 36.8 Å². The lowest BCUT2D eigenvalue weighted by molar-refractivity contribution is -0.146. The van der Waals surface area contributed by atoms with Crippen molar-refractivity contribution in [3.05, 3.63) is 40.3 Å². The molecular formula is C32H45N5O4. The lowest BCUT2D eigenvalue weighted by Crippen LogP contribution is -2.60. The molecule has 1 aromatic heterocycles. The van der Waals surface area contributed by atoms with Crippen molar-refractivity contribution >= 4 is 28.5 Å². The van der Waals surface area contributed by atoms with Crippen molar-refractivity contribution in [3.63, 3.8) is 0 Å². The maximum atomic E-state index is 13.6. The molecule has 0 spiro atoms. The van der Waals surface area contributed by atoms with Gasteiger partial charge in [-0.15, -0.1) is 0 Å². The molecule has 5 rings (SSSR count). The Hall–Kier alpha value is -3.23. The number of rotatable bonds is 3. The maximum Gasteiger partial charge on any atom is 0.275 e. The Balaban J connectivity index is 1.32. The summed E-state index contributed by atoms with van der Waals surface area (Å²) < 4.78 is 1.30. The second-order valence-electron chi connectivity index (χ2n) is 13.1. The van der Waals surface area contributed by atoms with Gasteiger partial charge in [0.05, 0.1) is 11.1 Å². The smallest absolute Gasteiger partial charge is 0.275 e. The zero-order valence-corrected chi connectivity index (χ0v) is 25.0. The number of amides is 3. The average molecular weight is 564 g/mol. The molecule has 0 unspecified atom stereocenters. The van der Waals surface area contributed by atoms with Crippen LogP contribution in [-0.4, -0.2) is 69.0 Å². The van der Waals surface area contributed by atoms with Crippen LogP contribution in [-0.2, 0) is 20.9 Å². The van der Waals surface area contributed by atoms with Gasteiger partial charge in [0.1, 0.15) is 6.54 Å². The van der Waals surface area contributed by atoms with Gasteiger partial charge in [-0.2, -0.15) is 5.10 Å². The van der Waals surface area contributed by atoms with Gasteiger partial charge in [-0.25, -0.2) is 4.68 Å². The molecule has 3 aliphatic rings. The fourth-order valence-electron chi connectivity index (χ4n) is 7.25. The van der Waals surface area contributed by atoms with Crippen LogP contribution in [0.15, 0.2) is 29.1 Å². The molecule has 3 amide bonds. The first-order chi connectivity index (χ1) is 19.6.